The van der Waals surface area contributed by atoms with Gasteiger partial charge in [0.2, 0.25) is 0 Å². The van der Waals surface area contributed by atoms with E-state index < -0.39 is 22.8 Å². The molecule has 0 saturated carbocycles. The number of nitrogens with one attached hydrogen (secondary N) is 1. The molecular formula is C15H9F2NO2. The van der Waals surface area contributed by atoms with Gasteiger partial charge in [-0.25, -0.2) is 8.78 Å². The van der Waals surface area contributed by atoms with E-state index in [1.807, 2.05) is 0 Å². The van der Waals surface area contributed by atoms with Crippen molar-refractivity contribution in [2.24, 2.45) is 0 Å². The monoisotopic (exact) mass is 273 g/mol. The summed E-state index contributed by atoms with van der Waals surface area (Å²) in [6.07, 6.45) is 0. The second-order valence-corrected chi connectivity index (χ2v) is 4.38. The minimum absolute atomic E-state index is 0.0319. The largest absolute Gasteiger partial charge is 0.505 e. The van der Waals surface area contributed by atoms with E-state index in [2.05, 4.69) is 4.98 Å². The highest BCUT2D eigenvalue weighted by atomic mass is 19.1. The van der Waals surface area contributed by atoms with E-state index >= 15 is 0 Å². The summed E-state index contributed by atoms with van der Waals surface area (Å²) < 4.78 is 26.9. The maximum absolute atomic E-state index is 13.6. The third-order valence-corrected chi connectivity index (χ3v) is 3.06. The Balaban J connectivity index is 2.27. The lowest BCUT2D eigenvalue weighted by Gasteiger charge is -2.06. The second-order valence-electron chi connectivity index (χ2n) is 4.38. The van der Waals surface area contributed by atoms with E-state index in [0.29, 0.717) is 16.8 Å². The topological polar surface area (TPSA) is 53.1 Å². The molecule has 5 heteroatoms. The van der Waals surface area contributed by atoms with Gasteiger partial charge in [0.05, 0.1) is 10.9 Å². The summed E-state index contributed by atoms with van der Waals surface area (Å²) in [6, 6.07) is 9.23. The maximum atomic E-state index is 13.6. The molecule has 3 rings (SSSR count). The SMILES string of the molecule is O=c1cc(-c2ccc(O)c(F)c2)[nH]c2cccc(F)c12. The number of aromatic hydroxyl groups is 1. The lowest BCUT2D eigenvalue weighted by molar-refractivity contribution is 0.432. The van der Waals surface area contributed by atoms with E-state index in [-0.39, 0.29) is 5.39 Å². The fourth-order valence-corrected chi connectivity index (χ4v) is 2.09. The average Bonchev–Trinajstić information content (AvgIpc) is 2.41. The van der Waals surface area contributed by atoms with Crippen LogP contribution in [0.15, 0.2) is 47.3 Å². The number of hydrogen-bond acceptors (Lipinski definition) is 2. The summed E-state index contributed by atoms with van der Waals surface area (Å²) in [5.41, 5.74) is 0.594. The van der Waals surface area contributed by atoms with E-state index in [9.17, 15) is 13.6 Å². The molecule has 1 heterocycles. The Kier molecular flexibility index (Phi) is 2.75. The predicted octanol–water partition coefficient (Wildman–Crippen LogP) is 3.18. The molecule has 0 spiro atoms. The van der Waals surface area contributed by atoms with Crippen molar-refractivity contribution in [3.63, 3.8) is 0 Å². The summed E-state index contributed by atoms with van der Waals surface area (Å²) in [5.74, 6) is -1.86. The smallest absolute Gasteiger partial charge is 0.192 e. The van der Waals surface area contributed by atoms with Crippen LogP contribution in [-0.2, 0) is 0 Å². The van der Waals surface area contributed by atoms with Gasteiger partial charge in [0.15, 0.2) is 17.0 Å². The molecule has 0 bridgehead atoms. The van der Waals surface area contributed by atoms with Gasteiger partial charge >= 0.3 is 0 Å². The molecule has 0 aliphatic rings. The van der Waals surface area contributed by atoms with Crippen LogP contribution in [0, 0.1) is 11.6 Å². The molecule has 0 aliphatic carbocycles. The zero-order valence-corrected chi connectivity index (χ0v) is 10.2. The minimum Gasteiger partial charge on any atom is -0.505 e. The Morgan fingerprint density at radius 3 is 2.55 bits per heavy atom. The molecule has 2 N–H and O–H groups in total. The zero-order valence-electron chi connectivity index (χ0n) is 10.2. The number of pyridine rings is 1. The lowest BCUT2D eigenvalue weighted by atomic mass is 10.1. The molecule has 0 atom stereocenters. The van der Waals surface area contributed by atoms with Gasteiger partial charge in [-0.3, -0.25) is 4.79 Å². The van der Waals surface area contributed by atoms with Crippen molar-refractivity contribution >= 4 is 10.9 Å². The van der Waals surface area contributed by atoms with Crippen LogP contribution in [0.3, 0.4) is 0 Å². The number of rotatable bonds is 1. The molecule has 0 unspecified atom stereocenters. The van der Waals surface area contributed by atoms with Gasteiger partial charge in [0.25, 0.3) is 0 Å². The highest BCUT2D eigenvalue weighted by Crippen LogP contribution is 2.24. The van der Waals surface area contributed by atoms with Gasteiger partial charge in [-0.1, -0.05) is 6.07 Å². The number of aromatic nitrogens is 1. The maximum Gasteiger partial charge on any atom is 0.192 e. The summed E-state index contributed by atoms with van der Waals surface area (Å²) >= 11 is 0. The first-order valence-electron chi connectivity index (χ1n) is 5.87. The van der Waals surface area contributed by atoms with Crippen LogP contribution >= 0.6 is 0 Å². The summed E-state index contributed by atoms with van der Waals surface area (Å²) in [6.45, 7) is 0. The Hall–Kier alpha value is -2.69. The van der Waals surface area contributed by atoms with Gasteiger partial charge in [-0.15, -0.1) is 0 Å². The standard InChI is InChI=1S/C15H9F2NO2/c16-9-2-1-3-11-15(9)14(20)7-12(18-11)8-4-5-13(19)10(17)6-8/h1-7,19H,(H,18,20). The molecular weight excluding hydrogens is 264 g/mol. The Bertz CT molecular complexity index is 871. The van der Waals surface area contributed by atoms with E-state index in [0.717, 1.165) is 6.07 Å². The van der Waals surface area contributed by atoms with Crippen LogP contribution in [0.2, 0.25) is 0 Å². The molecule has 0 fully saturated rings. The predicted molar refractivity (Wildman–Crippen MR) is 71.6 cm³/mol. The molecule has 3 aromatic rings. The minimum atomic E-state index is -0.789. The number of phenols is 1. The lowest BCUT2D eigenvalue weighted by Crippen LogP contribution is -2.05. The Labute approximate surface area is 112 Å². The van der Waals surface area contributed by atoms with Crippen LogP contribution < -0.4 is 5.43 Å². The second kappa shape index (κ2) is 4.45. The van der Waals surface area contributed by atoms with Gasteiger partial charge in [0, 0.05) is 17.3 Å². The fourth-order valence-electron chi connectivity index (χ4n) is 2.09. The third-order valence-electron chi connectivity index (χ3n) is 3.06. The number of fused-ring (bicyclic) bond motifs is 1. The number of aromatic amines is 1. The quantitative estimate of drug-likeness (QED) is 0.715. The van der Waals surface area contributed by atoms with Crippen LogP contribution in [0.5, 0.6) is 5.75 Å². The van der Waals surface area contributed by atoms with E-state index in [1.165, 1.54) is 30.3 Å². The van der Waals surface area contributed by atoms with Crippen molar-refractivity contribution in [1.29, 1.82) is 0 Å². The molecule has 20 heavy (non-hydrogen) atoms. The van der Waals surface area contributed by atoms with Crippen molar-refractivity contribution in [2.75, 3.05) is 0 Å². The van der Waals surface area contributed by atoms with Crippen LogP contribution in [-0.4, -0.2) is 10.1 Å². The highest BCUT2D eigenvalue weighted by Gasteiger charge is 2.09. The van der Waals surface area contributed by atoms with Gasteiger partial charge < -0.3 is 10.1 Å². The average molecular weight is 273 g/mol. The first kappa shape index (κ1) is 12.3. The summed E-state index contributed by atoms with van der Waals surface area (Å²) in [7, 11) is 0. The molecule has 2 aromatic carbocycles. The summed E-state index contributed by atoms with van der Waals surface area (Å²) in [4.78, 5) is 14.8. The fraction of sp³-hybridized carbons (Fsp3) is 0. The van der Waals surface area contributed by atoms with Gasteiger partial charge in [0.1, 0.15) is 5.82 Å². The number of phenolic OH excluding ortho intramolecular Hbond substituents is 1. The Morgan fingerprint density at radius 2 is 1.80 bits per heavy atom. The summed E-state index contributed by atoms with van der Waals surface area (Å²) in [5, 5.41) is 9.12. The van der Waals surface area contributed by atoms with Crippen molar-refractivity contribution in [1.82, 2.24) is 4.98 Å². The molecule has 0 aliphatic heterocycles. The van der Waals surface area contributed by atoms with Crippen molar-refractivity contribution < 1.29 is 13.9 Å². The van der Waals surface area contributed by atoms with E-state index in [1.54, 1.807) is 6.07 Å². The van der Waals surface area contributed by atoms with Crippen molar-refractivity contribution in [3.05, 3.63) is 64.3 Å². The zero-order chi connectivity index (χ0) is 14.3. The van der Waals surface area contributed by atoms with Crippen molar-refractivity contribution in [3.8, 4) is 17.0 Å². The number of hydrogen-bond donors (Lipinski definition) is 2. The number of benzene rings is 2. The van der Waals surface area contributed by atoms with Crippen LogP contribution in [0.1, 0.15) is 0 Å². The first-order chi connectivity index (χ1) is 9.56. The molecule has 0 radical (unpaired) electrons. The molecule has 3 nitrogen and oxygen atoms in total. The third kappa shape index (κ3) is 1.93. The molecule has 1 aromatic heterocycles. The molecule has 0 saturated heterocycles. The molecule has 100 valence electrons. The number of H-pyrrole nitrogens is 1. The normalized spacial score (nSPS) is 10.9. The van der Waals surface area contributed by atoms with Gasteiger partial charge in [-0.05, 0) is 30.3 Å². The van der Waals surface area contributed by atoms with Crippen molar-refractivity contribution in [2.45, 2.75) is 0 Å². The van der Waals surface area contributed by atoms with Crippen LogP contribution in [0.25, 0.3) is 22.2 Å². The van der Waals surface area contributed by atoms with Gasteiger partial charge in [-0.2, -0.15) is 0 Å². The molecule has 0 amide bonds. The first-order valence-corrected chi connectivity index (χ1v) is 5.87. The van der Waals surface area contributed by atoms with E-state index in [4.69, 9.17) is 5.11 Å². The highest BCUT2D eigenvalue weighted by molar-refractivity contribution is 5.82. The van der Waals surface area contributed by atoms with Crippen LogP contribution in [0.4, 0.5) is 8.78 Å². The number of halogens is 2. The Morgan fingerprint density at radius 1 is 1.00 bits per heavy atom.